The third-order valence-electron chi connectivity index (χ3n) is 5.30. The maximum absolute atomic E-state index is 14.4. The minimum atomic E-state index is -3.02. The van der Waals surface area contributed by atoms with Crippen molar-refractivity contribution in [1.29, 1.82) is 0 Å². The van der Waals surface area contributed by atoms with E-state index in [0.29, 0.717) is 24.1 Å². The van der Waals surface area contributed by atoms with E-state index in [2.05, 4.69) is 24.3 Å². The van der Waals surface area contributed by atoms with Crippen molar-refractivity contribution in [2.45, 2.75) is 83.3 Å². The maximum Gasteiger partial charge on any atom is 0.283 e. The molecular formula is C19H30F3N3O2. The number of aromatic nitrogens is 2. The number of aryl methyl sites for hydroxylation is 1. The number of hydrogen-bond acceptors (Lipinski definition) is 3. The van der Waals surface area contributed by atoms with E-state index >= 15 is 0 Å². The van der Waals surface area contributed by atoms with Crippen molar-refractivity contribution in [2.75, 3.05) is 6.61 Å². The van der Waals surface area contributed by atoms with Crippen LogP contribution in [-0.4, -0.2) is 33.9 Å². The summed E-state index contributed by atoms with van der Waals surface area (Å²) in [6, 6.07) is 0. The van der Waals surface area contributed by atoms with E-state index in [1.165, 1.54) is 7.05 Å². The average molecular weight is 389 g/mol. The number of hydrogen-bond donors (Lipinski definition) is 1. The van der Waals surface area contributed by atoms with Crippen molar-refractivity contribution >= 4 is 5.91 Å². The van der Waals surface area contributed by atoms with Gasteiger partial charge >= 0.3 is 0 Å². The molecule has 1 amide bonds. The molecule has 8 heteroatoms. The van der Waals surface area contributed by atoms with Crippen LogP contribution in [0.1, 0.15) is 87.7 Å². The summed E-state index contributed by atoms with van der Waals surface area (Å²) in [4.78, 5) is 12.9. The monoisotopic (exact) mass is 389 g/mol. The van der Waals surface area contributed by atoms with Crippen LogP contribution < -0.4 is 5.32 Å². The molecule has 1 aromatic heterocycles. The molecule has 27 heavy (non-hydrogen) atoms. The maximum atomic E-state index is 14.4. The van der Waals surface area contributed by atoms with Crippen LogP contribution in [0.15, 0.2) is 0 Å². The quantitative estimate of drug-likeness (QED) is 0.640. The summed E-state index contributed by atoms with van der Waals surface area (Å²) >= 11 is 0. The Morgan fingerprint density at radius 1 is 1.33 bits per heavy atom. The van der Waals surface area contributed by atoms with Gasteiger partial charge in [0.05, 0.1) is 11.6 Å². The zero-order chi connectivity index (χ0) is 20.0. The van der Waals surface area contributed by atoms with Gasteiger partial charge in [-0.1, -0.05) is 39.5 Å². The third-order valence-corrected chi connectivity index (χ3v) is 5.30. The van der Waals surface area contributed by atoms with Gasteiger partial charge in [0, 0.05) is 13.7 Å². The smallest absolute Gasteiger partial charge is 0.283 e. The molecule has 0 aliphatic carbocycles. The number of ether oxygens (including phenoxy) is 1. The Labute approximate surface area is 158 Å². The molecule has 2 rings (SSSR count). The highest BCUT2D eigenvalue weighted by Crippen LogP contribution is 2.34. The number of unbranched alkanes of at least 4 members (excludes halogenated alkanes) is 2. The second-order valence-corrected chi connectivity index (χ2v) is 7.29. The van der Waals surface area contributed by atoms with Crippen LogP contribution in [0.4, 0.5) is 13.2 Å². The molecule has 0 saturated carbocycles. The van der Waals surface area contributed by atoms with Crippen molar-refractivity contribution in [1.82, 2.24) is 15.1 Å². The molecule has 0 spiro atoms. The number of rotatable bonds is 10. The first-order valence-electron chi connectivity index (χ1n) is 9.81. The highest BCUT2D eigenvalue weighted by molar-refractivity contribution is 5.96. The fraction of sp³-hybridized carbons (Fsp3) is 0.789. The van der Waals surface area contributed by atoms with E-state index in [1.54, 1.807) is 0 Å². The fourth-order valence-corrected chi connectivity index (χ4v) is 3.82. The van der Waals surface area contributed by atoms with Crippen LogP contribution in [0.25, 0.3) is 0 Å². The van der Waals surface area contributed by atoms with Crippen molar-refractivity contribution in [2.24, 2.45) is 7.05 Å². The standard InChI is InChI=1S/C19H30F3N3O2/c1-4-6-10-19(11-7-5-2,13-9-8-12-27-13)23-18(26)14-15(16(20)21)24-25(3)17(14)22/h13,16H,4-12H2,1-3H3,(H,23,26). The summed E-state index contributed by atoms with van der Waals surface area (Å²) in [6.45, 7) is 4.72. The molecule has 0 aromatic carbocycles. The van der Waals surface area contributed by atoms with Gasteiger partial charge in [0.25, 0.3) is 12.3 Å². The van der Waals surface area contributed by atoms with Crippen LogP contribution in [0.3, 0.4) is 0 Å². The largest absolute Gasteiger partial charge is 0.376 e. The number of alkyl halides is 2. The van der Waals surface area contributed by atoms with Crippen LogP contribution in [0.2, 0.25) is 0 Å². The normalized spacial score (nSPS) is 17.7. The van der Waals surface area contributed by atoms with Crippen molar-refractivity contribution < 1.29 is 22.7 Å². The van der Waals surface area contributed by atoms with E-state index in [1.807, 2.05) is 0 Å². The van der Waals surface area contributed by atoms with E-state index in [0.717, 1.165) is 38.5 Å². The van der Waals surface area contributed by atoms with Crippen molar-refractivity contribution in [3.63, 3.8) is 0 Å². The molecule has 1 N–H and O–H groups in total. The molecule has 1 saturated heterocycles. The summed E-state index contributed by atoms with van der Waals surface area (Å²) in [5.74, 6) is -1.88. The van der Waals surface area contributed by atoms with Gasteiger partial charge in [0.1, 0.15) is 11.3 Å². The van der Waals surface area contributed by atoms with Gasteiger partial charge in [-0.3, -0.25) is 4.79 Å². The molecule has 1 aromatic rings. The van der Waals surface area contributed by atoms with Gasteiger partial charge in [-0.15, -0.1) is 0 Å². The Balaban J connectivity index is 2.37. The molecule has 1 atom stereocenters. The summed E-state index contributed by atoms with van der Waals surface area (Å²) in [5.41, 5.74) is -2.16. The van der Waals surface area contributed by atoms with Gasteiger partial charge in [-0.25, -0.2) is 13.5 Å². The Kier molecular flexibility index (Phi) is 7.70. The summed E-state index contributed by atoms with van der Waals surface area (Å²) < 4.78 is 47.5. The Hall–Kier alpha value is -1.57. The molecule has 2 heterocycles. The lowest BCUT2D eigenvalue weighted by Crippen LogP contribution is -2.56. The Morgan fingerprint density at radius 3 is 2.44 bits per heavy atom. The van der Waals surface area contributed by atoms with E-state index in [9.17, 15) is 18.0 Å². The van der Waals surface area contributed by atoms with E-state index < -0.39 is 35.1 Å². The van der Waals surface area contributed by atoms with Crippen molar-refractivity contribution in [3.8, 4) is 0 Å². The molecule has 1 aliphatic rings. The first-order chi connectivity index (χ1) is 12.9. The van der Waals surface area contributed by atoms with Crippen molar-refractivity contribution in [3.05, 3.63) is 17.2 Å². The van der Waals surface area contributed by atoms with Crippen LogP contribution in [0, 0.1) is 5.95 Å². The SMILES string of the molecule is CCCCC(CCCC)(NC(=O)c1c(C(F)F)nn(C)c1F)C1CCCO1. The molecule has 0 bridgehead atoms. The highest BCUT2D eigenvalue weighted by Gasteiger charge is 2.43. The lowest BCUT2D eigenvalue weighted by Gasteiger charge is -2.40. The molecule has 154 valence electrons. The molecular weight excluding hydrogens is 359 g/mol. The third kappa shape index (κ3) is 4.83. The highest BCUT2D eigenvalue weighted by atomic mass is 19.3. The molecule has 0 radical (unpaired) electrons. The van der Waals surface area contributed by atoms with E-state index in [-0.39, 0.29) is 6.10 Å². The predicted molar refractivity (Wildman–Crippen MR) is 96.3 cm³/mol. The summed E-state index contributed by atoms with van der Waals surface area (Å²) in [7, 11) is 1.21. The first kappa shape index (κ1) is 21.7. The number of carbonyl (C=O) groups is 1. The van der Waals surface area contributed by atoms with Crippen LogP contribution in [0.5, 0.6) is 0 Å². The van der Waals surface area contributed by atoms with Crippen LogP contribution in [-0.2, 0) is 11.8 Å². The van der Waals surface area contributed by atoms with Gasteiger partial charge in [-0.05, 0) is 25.7 Å². The van der Waals surface area contributed by atoms with Gasteiger partial charge < -0.3 is 10.1 Å². The van der Waals surface area contributed by atoms with Gasteiger partial charge in [-0.2, -0.15) is 9.49 Å². The zero-order valence-corrected chi connectivity index (χ0v) is 16.4. The number of amides is 1. The minimum absolute atomic E-state index is 0.186. The van der Waals surface area contributed by atoms with Gasteiger partial charge in [0.15, 0.2) is 0 Å². The number of nitrogens with one attached hydrogen (secondary N) is 1. The lowest BCUT2D eigenvalue weighted by molar-refractivity contribution is 0.0155. The number of halogens is 3. The topological polar surface area (TPSA) is 56.2 Å². The zero-order valence-electron chi connectivity index (χ0n) is 16.4. The number of nitrogens with zero attached hydrogens (tertiary/aromatic N) is 2. The van der Waals surface area contributed by atoms with Crippen LogP contribution >= 0.6 is 0 Å². The fourth-order valence-electron chi connectivity index (χ4n) is 3.82. The average Bonchev–Trinajstić information content (AvgIpc) is 3.27. The Morgan fingerprint density at radius 2 is 1.96 bits per heavy atom. The Bertz CT molecular complexity index is 620. The molecule has 1 aliphatic heterocycles. The minimum Gasteiger partial charge on any atom is -0.376 e. The molecule has 5 nitrogen and oxygen atoms in total. The second-order valence-electron chi connectivity index (χ2n) is 7.29. The van der Waals surface area contributed by atoms with E-state index in [4.69, 9.17) is 4.74 Å². The predicted octanol–water partition coefficient (Wildman–Crippen LogP) is 4.52. The molecule has 1 unspecified atom stereocenters. The lowest BCUT2D eigenvalue weighted by atomic mass is 9.80. The summed E-state index contributed by atoms with van der Waals surface area (Å²) in [6.07, 6.45) is 3.41. The molecule has 1 fully saturated rings. The first-order valence-corrected chi connectivity index (χ1v) is 9.81. The second kappa shape index (κ2) is 9.57. The number of carbonyl (C=O) groups excluding carboxylic acids is 1. The summed E-state index contributed by atoms with van der Waals surface area (Å²) in [5, 5.41) is 6.40. The van der Waals surface area contributed by atoms with Gasteiger partial charge in [0.2, 0.25) is 5.95 Å².